The molecule has 0 saturated heterocycles. The third kappa shape index (κ3) is 4.79. The molecular formula is C20H16BrCl2F3N2S. The van der Waals surface area contributed by atoms with Crippen LogP contribution in [-0.2, 0) is 12.0 Å². The van der Waals surface area contributed by atoms with Crippen LogP contribution in [0.3, 0.4) is 0 Å². The third-order valence-electron chi connectivity index (χ3n) is 4.88. The highest BCUT2D eigenvalue weighted by Gasteiger charge is 2.58. The minimum atomic E-state index is -4.51. The molecule has 154 valence electrons. The van der Waals surface area contributed by atoms with Gasteiger partial charge in [-0.05, 0) is 47.9 Å². The maximum Gasteiger partial charge on any atom is 0.400 e. The van der Waals surface area contributed by atoms with Gasteiger partial charge < -0.3 is 5.32 Å². The predicted molar refractivity (Wildman–Crippen MR) is 119 cm³/mol. The summed E-state index contributed by atoms with van der Waals surface area (Å²) < 4.78 is 43.3. The van der Waals surface area contributed by atoms with E-state index in [1.807, 2.05) is 6.07 Å². The molecule has 1 N–H and O–H groups in total. The molecule has 0 aromatic heterocycles. The molecule has 0 radical (unpaired) electrons. The van der Waals surface area contributed by atoms with Crippen molar-refractivity contribution in [2.45, 2.75) is 31.5 Å². The van der Waals surface area contributed by atoms with Crippen molar-refractivity contribution in [2.75, 3.05) is 6.54 Å². The van der Waals surface area contributed by atoms with E-state index in [1.165, 1.54) is 18.2 Å². The highest BCUT2D eigenvalue weighted by atomic mass is 79.9. The van der Waals surface area contributed by atoms with Gasteiger partial charge in [0.2, 0.25) is 0 Å². The number of nitrogens with one attached hydrogen (secondary N) is 1. The van der Waals surface area contributed by atoms with Gasteiger partial charge in [0.1, 0.15) is 5.41 Å². The van der Waals surface area contributed by atoms with Crippen molar-refractivity contribution >= 4 is 62.0 Å². The highest BCUT2D eigenvalue weighted by molar-refractivity contribution is 9.10. The van der Waals surface area contributed by atoms with E-state index in [0.717, 1.165) is 10.0 Å². The summed E-state index contributed by atoms with van der Waals surface area (Å²) in [5, 5.41) is 3.38. The molecule has 1 heterocycles. The summed E-state index contributed by atoms with van der Waals surface area (Å²) in [5.41, 5.74) is -0.153. The van der Waals surface area contributed by atoms with Gasteiger partial charge in [-0.3, -0.25) is 4.99 Å². The van der Waals surface area contributed by atoms with Crippen molar-refractivity contribution < 1.29 is 13.2 Å². The van der Waals surface area contributed by atoms with E-state index in [9.17, 15) is 13.2 Å². The van der Waals surface area contributed by atoms with E-state index in [4.69, 9.17) is 35.4 Å². The van der Waals surface area contributed by atoms with Crippen LogP contribution in [-0.4, -0.2) is 23.4 Å². The van der Waals surface area contributed by atoms with E-state index >= 15 is 0 Å². The Morgan fingerprint density at radius 3 is 2.41 bits per heavy atom. The van der Waals surface area contributed by atoms with Gasteiger partial charge in [0.05, 0.1) is 11.5 Å². The molecule has 1 aliphatic heterocycles. The maximum atomic E-state index is 14.2. The fraction of sp³-hybridized carbons (Fsp3) is 0.300. The quantitative estimate of drug-likeness (QED) is 0.441. The van der Waals surface area contributed by atoms with Crippen LogP contribution in [0.15, 0.2) is 45.9 Å². The fourth-order valence-corrected chi connectivity index (χ4v) is 4.41. The molecule has 0 saturated carbocycles. The summed E-state index contributed by atoms with van der Waals surface area (Å²) >= 11 is 20.4. The number of alkyl halides is 3. The van der Waals surface area contributed by atoms with Gasteiger partial charge in [0.15, 0.2) is 0 Å². The molecule has 29 heavy (non-hydrogen) atoms. The van der Waals surface area contributed by atoms with Gasteiger partial charge in [-0.15, -0.1) is 0 Å². The summed E-state index contributed by atoms with van der Waals surface area (Å²) in [6.45, 7) is 1.90. The van der Waals surface area contributed by atoms with Crippen LogP contribution in [0.2, 0.25) is 10.0 Å². The molecule has 2 nitrogen and oxygen atoms in total. The molecule has 1 unspecified atom stereocenters. The molecule has 0 bridgehead atoms. The number of nitrogens with zero attached hydrogens (tertiary/aromatic N) is 1. The van der Waals surface area contributed by atoms with Gasteiger partial charge in [-0.2, -0.15) is 13.2 Å². The predicted octanol–water partition coefficient (Wildman–Crippen LogP) is 6.89. The van der Waals surface area contributed by atoms with Crippen LogP contribution in [0.25, 0.3) is 0 Å². The van der Waals surface area contributed by atoms with Gasteiger partial charge in [-0.1, -0.05) is 63.5 Å². The Bertz CT molecular complexity index is 974. The van der Waals surface area contributed by atoms with E-state index in [0.29, 0.717) is 22.8 Å². The van der Waals surface area contributed by atoms with Gasteiger partial charge in [-0.25, -0.2) is 0 Å². The van der Waals surface area contributed by atoms with E-state index in [2.05, 4.69) is 26.2 Å². The maximum absolute atomic E-state index is 14.2. The van der Waals surface area contributed by atoms with Crippen molar-refractivity contribution in [3.05, 3.63) is 67.6 Å². The van der Waals surface area contributed by atoms with Crippen molar-refractivity contribution in [3.8, 4) is 0 Å². The molecule has 2 aromatic rings. The standard InChI is InChI=1S/C20H16BrCl2F3N2S/c1-11(29)27-9-13-3-2-12(4-17(13)21)18-8-19(10-28-18,20(24,25)26)14-5-15(22)7-16(23)6-14/h2-7H,8-10H2,1H3,(H,27,29). The normalized spacial score (nSPS) is 19.2. The van der Waals surface area contributed by atoms with Crippen LogP contribution in [0, 0.1) is 0 Å². The molecule has 0 aliphatic carbocycles. The molecule has 1 aliphatic rings. The summed E-state index contributed by atoms with van der Waals surface area (Å²) in [4.78, 5) is 4.92. The average molecular weight is 524 g/mol. The van der Waals surface area contributed by atoms with Crippen LogP contribution in [0.1, 0.15) is 30.0 Å². The fourth-order valence-electron chi connectivity index (χ4n) is 3.29. The summed E-state index contributed by atoms with van der Waals surface area (Å²) in [7, 11) is 0. The van der Waals surface area contributed by atoms with Crippen molar-refractivity contribution in [1.82, 2.24) is 5.32 Å². The Balaban J connectivity index is 1.93. The number of aliphatic imine (C=N–C) groups is 1. The van der Waals surface area contributed by atoms with Crippen LogP contribution in [0.5, 0.6) is 0 Å². The van der Waals surface area contributed by atoms with Gasteiger partial charge in [0.25, 0.3) is 0 Å². The molecule has 2 aromatic carbocycles. The Hall–Kier alpha value is -1.15. The molecule has 0 fully saturated rings. The molecule has 3 rings (SSSR count). The summed E-state index contributed by atoms with van der Waals surface area (Å²) in [6.07, 6.45) is -4.79. The van der Waals surface area contributed by atoms with Gasteiger partial charge in [0, 0.05) is 33.2 Å². The SMILES string of the molecule is CC(=S)NCc1ccc(C2=NCC(c3cc(Cl)cc(Cl)c3)(C(F)(F)F)C2)cc1Br. The number of halogens is 6. The first-order chi connectivity index (χ1) is 13.5. The molecule has 9 heteroatoms. The first kappa shape index (κ1) is 22.5. The average Bonchev–Trinajstić information content (AvgIpc) is 3.06. The smallest absolute Gasteiger partial charge is 0.376 e. The Morgan fingerprint density at radius 1 is 1.21 bits per heavy atom. The van der Waals surface area contributed by atoms with Crippen LogP contribution < -0.4 is 5.32 Å². The Labute approximate surface area is 190 Å². The number of rotatable bonds is 4. The number of hydrogen-bond donors (Lipinski definition) is 1. The van der Waals surface area contributed by atoms with Crippen molar-refractivity contribution in [1.29, 1.82) is 0 Å². The summed E-state index contributed by atoms with van der Waals surface area (Å²) in [6, 6.07) is 9.45. The second-order valence-corrected chi connectivity index (χ2v) is 9.23. The van der Waals surface area contributed by atoms with Crippen molar-refractivity contribution in [2.24, 2.45) is 4.99 Å². The zero-order valence-corrected chi connectivity index (χ0v) is 19.1. The minimum absolute atomic E-state index is 0.0256. The first-order valence-electron chi connectivity index (χ1n) is 8.62. The molecule has 0 amide bonds. The lowest BCUT2D eigenvalue weighted by Gasteiger charge is -2.31. The highest BCUT2D eigenvalue weighted by Crippen LogP contribution is 2.48. The lowest BCUT2D eigenvalue weighted by Crippen LogP contribution is -2.43. The molecule has 1 atom stereocenters. The second-order valence-electron chi connectivity index (χ2n) is 6.89. The summed E-state index contributed by atoms with van der Waals surface area (Å²) in [5.74, 6) is 0. The second kappa shape index (κ2) is 8.53. The number of hydrogen-bond acceptors (Lipinski definition) is 2. The zero-order valence-electron chi connectivity index (χ0n) is 15.2. The van der Waals surface area contributed by atoms with Gasteiger partial charge >= 0.3 is 6.18 Å². The lowest BCUT2D eigenvalue weighted by atomic mass is 9.76. The molecular weight excluding hydrogens is 508 g/mol. The Morgan fingerprint density at radius 2 is 1.86 bits per heavy atom. The van der Waals surface area contributed by atoms with Crippen molar-refractivity contribution in [3.63, 3.8) is 0 Å². The molecule has 0 spiro atoms. The van der Waals surface area contributed by atoms with E-state index in [-0.39, 0.29) is 22.0 Å². The van der Waals surface area contributed by atoms with E-state index < -0.39 is 18.1 Å². The van der Waals surface area contributed by atoms with Crippen LogP contribution >= 0.6 is 51.3 Å². The minimum Gasteiger partial charge on any atom is -0.376 e. The largest absolute Gasteiger partial charge is 0.400 e. The first-order valence-corrected chi connectivity index (χ1v) is 10.6. The lowest BCUT2D eigenvalue weighted by molar-refractivity contribution is -0.183. The van der Waals surface area contributed by atoms with Crippen LogP contribution in [0.4, 0.5) is 13.2 Å². The topological polar surface area (TPSA) is 24.4 Å². The Kier molecular flexibility index (Phi) is 6.63. The zero-order chi connectivity index (χ0) is 21.4. The number of thiocarbonyl (C=S) groups is 1. The third-order valence-corrected chi connectivity index (χ3v) is 6.20. The van der Waals surface area contributed by atoms with E-state index in [1.54, 1.807) is 19.1 Å². The number of benzene rings is 2. The monoisotopic (exact) mass is 522 g/mol.